The van der Waals surface area contributed by atoms with Crippen LogP contribution >= 0.6 is 27.3 Å². The first-order valence-electron chi connectivity index (χ1n) is 5.67. The van der Waals surface area contributed by atoms with E-state index in [0.717, 1.165) is 13.0 Å². The van der Waals surface area contributed by atoms with Gasteiger partial charge in [-0.25, -0.2) is 0 Å². The second kappa shape index (κ2) is 6.28. The normalized spacial score (nSPS) is 12.6. The molecule has 90 valence electrons. The third-order valence-electron chi connectivity index (χ3n) is 2.57. The van der Waals surface area contributed by atoms with Crippen molar-refractivity contribution in [3.05, 3.63) is 50.9 Å². The lowest BCUT2D eigenvalue weighted by Crippen LogP contribution is -2.23. The van der Waals surface area contributed by atoms with E-state index in [2.05, 4.69) is 50.0 Å². The summed E-state index contributed by atoms with van der Waals surface area (Å²) in [5.74, 6) is 0. The highest BCUT2D eigenvalue weighted by Gasteiger charge is 2.16. The number of hydrogen-bond donors (Lipinski definition) is 1. The van der Waals surface area contributed by atoms with Gasteiger partial charge in [0.15, 0.2) is 0 Å². The van der Waals surface area contributed by atoms with Crippen LogP contribution in [-0.2, 0) is 0 Å². The van der Waals surface area contributed by atoms with Gasteiger partial charge in [-0.05, 0) is 51.5 Å². The molecule has 0 aliphatic rings. The minimum atomic E-state index is 0.226. The van der Waals surface area contributed by atoms with E-state index >= 15 is 0 Å². The summed E-state index contributed by atoms with van der Waals surface area (Å²) in [7, 11) is 0. The molecule has 2 nitrogen and oxygen atoms in total. The summed E-state index contributed by atoms with van der Waals surface area (Å²) in [5, 5.41) is 7.87. The van der Waals surface area contributed by atoms with Gasteiger partial charge in [0.1, 0.15) is 0 Å². The van der Waals surface area contributed by atoms with Crippen molar-refractivity contribution in [2.45, 2.75) is 19.4 Å². The molecule has 2 aromatic heterocycles. The number of nitrogens with one attached hydrogen (secondary N) is 1. The molecule has 2 aromatic rings. The minimum absolute atomic E-state index is 0.226. The first-order valence-corrected chi connectivity index (χ1v) is 7.41. The summed E-state index contributed by atoms with van der Waals surface area (Å²) in [6.45, 7) is 3.18. The topological polar surface area (TPSA) is 24.9 Å². The molecule has 2 heterocycles. The minimum Gasteiger partial charge on any atom is -0.306 e. The molecule has 0 fully saturated rings. The van der Waals surface area contributed by atoms with E-state index in [-0.39, 0.29) is 6.04 Å². The smallest absolute Gasteiger partial charge is 0.0611 e. The Labute approximate surface area is 114 Å². The van der Waals surface area contributed by atoms with Gasteiger partial charge in [0.05, 0.1) is 6.04 Å². The zero-order valence-corrected chi connectivity index (χ0v) is 12.1. The van der Waals surface area contributed by atoms with Gasteiger partial charge >= 0.3 is 0 Å². The Morgan fingerprint density at radius 3 is 2.94 bits per heavy atom. The lowest BCUT2D eigenvalue weighted by molar-refractivity contribution is 0.597. The Morgan fingerprint density at radius 2 is 2.35 bits per heavy atom. The van der Waals surface area contributed by atoms with Gasteiger partial charge in [0, 0.05) is 22.2 Å². The zero-order chi connectivity index (χ0) is 12.1. The molecule has 2 rings (SSSR count). The number of halogens is 1. The van der Waals surface area contributed by atoms with Gasteiger partial charge in [-0.2, -0.15) is 11.3 Å². The molecule has 1 unspecified atom stereocenters. The van der Waals surface area contributed by atoms with E-state index in [9.17, 15) is 0 Å². The first kappa shape index (κ1) is 12.7. The number of pyridine rings is 1. The maximum Gasteiger partial charge on any atom is 0.0611 e. The quantitative estimate of drug-likeness (QED) is 0.903. The fraction of sp³-hybridized carbons (Fsp3) is 0.308. The van der Waals surface area contributed by atoms with Crippen molar-refractivity contribution in [3.63, 3.8) is 0 Å². The third-order valence-corrected chi connectivity index (χ3v) is 4.32. The van der Waals surface area contributed by atoms with Crippen molar-refractivity contribution in [1.29, 1.82) is 0 Å². The van der Waals surface area contributed by atoms with E-state index in [1.807, 2.05) is 18.5 Å². The van der Waals surface area contributed by atoms with Crippen LogP contribution in [0.25, 0.3) is 0 Å². The van der Waals surface area contributed by atoms with E-state index in [1.54, 1.807) is 11.3 Å². The fourth-order valence-electron chi connectivity index (χ4n) is 1.74. The highest BCUT2D eigenvalue weighted by atomic mass is 79.9. The molecule has 0 saturated carbocycles. The van der Waals surface area contributed by atoms with Gasteiger partial charge in [-0.15, -0.1) is 0 Å². The highest BCUT2D eigenvalue weighted by Crippen LogP contribution is 2.31. The maximum atomic E-state index is 4.20. The second-order valence-electron chi connectivity index (χ2n) is 3.85. The van der Waals surface area contributed by atoms with Gasteiger partial charge in [0.25, 0.3) is 0 Å². The van der Waals surface area contributed by atoms with Crippen LogP contribution in [0.15, 0.2) is 39.8 Å². The van der Waals surface area contributed by atoms with Gasteiger partial charge in [-0.1, -0.05) is 13.0 Å². The molecule has 0 spiro atoms. The first-order chi connectivity index (χ1) is 8.33. The van der Waals surface area contributed by atoms with Crippen LogP contribution in [0, 0.1) is 0 Å². The van der Waals surface area contributed by atoms with Crippen molar-refractivity contribution in [1.82, 2.24) is 10.3 Å². The van der Waals surface area contributed by atoms with E-state index in [1.165, 1.54) is 15.6 Å². The van der Waals surface area contributed by atoms with Crippen LogP contribution in [0.2, 0.25) is 0 Å². The molecule has 0 aromatic carbocycles. The molecule has 4 heteroatoms. The number of thiophene rings is 1. The molecule has 0 radical (unpaired) electrons. The molecule has 0 amide bonds. The standard InChI is InChI=1S/C13H15BrN2S/c1-2-5-16-13(10-4-3-6-15-7-10)11-8-17-9-12(11)14/h3-4,6-9,13,16H,2,5H2,1H3. The van der Waals surface area contributed by atoms with Crippen LogP contribution in [0.5, 0.6) is 0 Å². The van der Waals surface area contributed by atoms with E-state index < -0.39 is 0 Å². The molecule has 0 aliphatic carbocycles. The lowest BCUT2D eigenvalue weighted by Gasteiger charge is -2.18. The molecular weight excluding hydrogens is 296 g/mol. The maximum absolute atomic E-state index is 4.20. The number of hydrogen-bond acceptors (Lipinski definition) is 3. The third kappa shape index (κ3) is 3.15. The molecule has 1 atom stereocenters. The number of rotatable bonds is 5. The van der Waals surface area contributed by atoms with Crippen LogP contribution in [-0.4, -0.2) is 11.5 Å². The molecule has 0 aliphatic heterocycles. The number of nitrogens with zero attached hydrogens (tertiary/aromatic N) is 1. The highest BCUT2D eigenvalue weighted by molar-refractivity contribution is 9.10. The van der Waals surface area contributed by atoms with Crippen molar-refractivity contribution < 1.29 is 0 Å². The molecular formula is C13H15BrN2S. The van der Waals surface area contributed by atoms with Gasteiger partial charge in [0.2, 0.25) is 0 Å². The Hall–Kier alpha value is -0.710. The van der Waals surface area contributed by atoms with Gasteiger partial charge < -0.3 is 5.32 Å². The molecule has 0 saturated heterocycles. The Bertz CT molecular complexity index is 455. The Balaban J connectivity index is 2.29. The van der Waals surface area contributed by atoms with Crippen LogP contribution < -0.4 is 5.32 Å². The van der Waals surface area contributed by atoms with Crippen LogP contribution in [0.4, 0.5) is 0 Å². The summed E-state index contributed by atoms with van der Waals surface area (Å²) in [5.41, 5.74) is 2.50. The summed E-state index contributed by atoms with van der Waals surface area (Å²) in [4.78, 5) is 4.20. The van der Waals surface area contributed by atoms with Crippen molar-refractivity contribution in [2.75, 3.05) is 6.54 Å². The van der Waals surface area contributed by atoms with Crippen molar-refractivity contribution in [2.24, 2.45) is 0 Å². The van der Waals surface area contributed by atoms with E-state index in [0.29, 0.717) is 0 Å². The summed E-state index contributed by atoms with van der Waals surface area (Å²) < 4.78 is 1.17. The molecule has 1 N–H and O–H groups in total. The van der Waals surface area contributed by atoms with Crippen molar-refractivity contribution in [3.8, 4) is 0 Å². The molecule has 0 bridgehead atoms. The zero-order valence-electron chi connectivity index (χ0n) is 9.69. The Kier molecular flexibility index (Phi) is 4.71. The summed E-state index contributed by atoms with van der Waals surface area (Å²) in [6.07, 6.45) is 4.86. The number of aromatic nitrogens is 1. The monoisotopic (exact) mass is 310 g/mol. The summed E-state index contributed by atoms with van der Waals surface area (Å²) in [6, 6.07) is 4.32. The predicted octanol–water partition coefficient (Wildman–Crippen LogP) is 3.99. The second-order valence-corrected chi connectivity index (χ2v) is 5.45. The Morgan fingerprint density at radius 1 is 1.47 bits per heavy atom. The molecule has 17 heavy (non-hydrogen) atoms. The average molecular weight is 311 g/mol. The average Bonchev–Trinajstić information content (AvgIpc) is 2.78. The fourth-order valence-corrected chi connectivity index (χ4v) is 3.29. The van der Waals surface area contributed by atoms with Gasteiger partial charge in [-0.3, -0.25) is 4.98 Å². The predicted molar refractivity (Wildman–Crippen MR) is 76.4 cm³/mol. The summed E-state index contributed by atoms with van der Waals surface area (Å²) >= 11 is 5.32. The lowest BCUT2D eigenvalue weighted by atomic mass is 10.0. The van der Waals surface area contributed by atoms with E-state index in [4.69, 9.17) is 0 Å². The van der Waals surface area contributed by atoms with Crippen molar-refractivity contribution >= 4 is 27.3 Å². The van der Waals surface area contributed by atoms with Crippen LogP contribution in [0.1, 0.15) is 30.5 Å². The largest absolute Gasteiger partial charge is 0.306 e. The van der Waals surface area contributed by atoms with Crippen LogP contribution in [0.3, 0.4) is 0 Å². The SMILES string of the molecule is CCCNC(c1cccnc1)c1cscc1Br.